The summed E-state index contributed by atoms with van der Waals surface area (Å²) in [6.07, 6.45) is 0. The van der Waals surface area contributed by atoms with Gasteiger partial charge in [0.05, 0.1) is 11.4 Å². The van der Waals surface area contributed by atoms with Gasteiger partial charge in [0.2, 0.25) is 0 Å². The Balaban J connectivity index is 2.16. The van der Waals surface area contributed by atoms with Gasteiger partial charge in [-0.15, -0.1) is 0 Å². The lowest BCUT2D eigenvalue weighted by Gasteiger charge is -1.99. The molecule has 0 saturated carbocycles. The minimum Gasteiger partial charge on any atom is -0.399 e. The maximum atomic E-state index is 8.80. The van der Waals surface area contributed by atoms with E-state index in [1.807, 2.05) is 25.1 Å². The molecule has 5 heteroatoms. The Morgan fingerprint density at radius 1 is 1.00 bits per heavy atom. The largest absolute Gasteiger partial charge is 0.399 e. The number of rotatable bonds is 3. The fourth-order valence-corrected chi connectivity index (χ4v) is 1.46. The van der Waals surface area contributed by atoms with Crippen LogP contribution in [0, 0.1) is 6.92 Å². The van der Waals surface area contributed by atoms with Gasteiger partial charge >= 0.3 is 0 Å². The summed E-state index contributed by atoms with van der Waals surface area (Å²) in [5, 5.41) is 17.0. The van der Waals surface area contributed by atoms with Crippen molar-refractivity contribution in [3.8, 4) is 0 Å². The molecule has 5 N–H and O–H groups in total. The highest BCUT2D eigenvalue weighted by Crippen LogP contribution is 2.22. The van der Waals surface area contributed by atoms with Crippen molar-refractivity contribution in [2.75, 3.05) is 5.73 Å². The molecule has 0 amide bonds. The Morgan fingerprint density at radius 2 is 1.61 bits per heavy atom. The lowest BCUT2D eigenvalue weighted by Crippen LogP contribution is -2.73. The van der Waals surface area contributed by atoms with E-state index in [2.05, 4.69) is 10.2 Å². The van der Waals surface area contributed by atoms with Crippen LogP contribution in [-0.2, 0) is 0 Å². The summed E-state index contributed by atoms with van der Waals surface area (Å²) in [4.78, 5) is 0. The number of nitrogen functional groups attached to an aromatic ring is 1. The van der Waals surface area contributed by atoms with E-state index in [4.69, 9.17) is 10.9 Å². The average molecular weight is 243 g/mol. The molecule has 5 nitrogen and oxygen atoms in total. The highest BCUT2D eigenvalue weighted by Gasteiger charge is 1.97. The first-order chi connectivity index (χ1) is 8.69. The third-order valence-corrected chi connectivity index (χ3v) is 2.58. The van der Waals surface area contributed by atoms with E-state index in [9.17, 15) is 0 Å². The zero-order valence-corrected chi connectivity index (χ0v) is 10.0. The van der Waals surface area contributed by atoms with Gasteiger partial charge in [0.15, 0.2) is 5.69 Å². The predicted molar refractivity (Wildman–Crippen MR) is 69.6 cm³/mol. The number of nitrogens with two attached hydrogens (primary N) is 2. The van der Waals surface area contributed by atoms with Crippen molar-refractivity contribution >= 4 is 22.7 Å². The summed E-state index contributed by atoms with van der Waals surface area (Å²) >= 11 is 0. The van der Waals surface area contributed by atoms with Gasteiger partial charge in [-0.2, -0.15) is 15.7 Å². The summed E-state index contributed by atoms with van der Waals surface area (Å²) in [5.41, 5.74) is 10.7. The average Bonchev–Trinajstić information content (AvgIpc) is 2.41. The molecule has 18 heavy (non-hydrogen) atoms. The van der Waals surface area contributed by atoms with Crippen molar-refractivity contribution in [2.24, 2.45) is 10.2 Å². The fourth-order valence-electron chi connectivity index (χ4n) is 1.46. The minimum atomic E-state index is 0.732. The predicted octanol–water partition coefficient (Wildman–Crippen LogP) is 2.58. The molecule has 0 radical (unpaired) electrons. The van der Waals surface area contributed by atoms with Gasteiger partial charge in [-0.1, -0.05) is 0 Å². The molecule has 0 aliphatic carbocycles. The lowest BCUT2D eigenvalue weighted by atomic mass is 10.2. The minimum absolute atomic E-state index is 0.732. The third kappa shape index (κ3) is 2.91. The second kappa shape index (κ2) is 5.39. The van der Waals surface area contributed by atoms with Crippen molar-refractivity contribution in [1.29, 1.82) is 0 Å². The van der Waals surface area contributed by atoms with Gasteiger partial charge in [0.1, 0.15) is 0 Å². The van der Waals surface area contributed by atoms with E-state index < -0.39 is 0 Å². The molecule has 0 saturated heterocycles. The van der Waals surface area contributed by atoms with Crippen LogP contribution in [0.3, 0.4) is 0 Å². The van der Waals surface area contributed by atoms with Gasteiger partial charge < -0.3 is 5.73 Å². The van der Waals surface area contributed by atoms with Crippen LogP contribution in [0.5, 0.6) is 0 Å². The molecule has 2 rings (SSSR count). The van der Waals surface area contributed by atoms with Crippen LogP contribution in [0.4, 0.5) is 22.7 Å². The van der Waals surface area contributed by atoms with Crippen molar-refractivity contribution in [1.82, 2.24) is 0 Å². The molecule has 0 fully saturated rings. The number of aryl methyl sites for hydroxylation is 1. The number of quaternary nitrogens is 1. The van der Waals surface area contributed by atoms with E-state index in [0.29, 0.717) is 0 Å². The van der Waals surface area contributed by atoms with Crippen LogP contribution >= 0.6 is 0 Å². The molecular formula is C13H15N4O+. The van der Waals surface area contributed by atoms with Crippen molar-refractivity contribution in [3.63, 3.8) is 0 Å². The molecule has 0 atom stereocenters. The SMILES string of the molecule is Cc1cc(N=Nc2ccc([NH2+]O)cc2)ccc1N. The Kier molecular flexibility index (Phi) is 3.66. The Labute approximate surface area is 105 Å². The summed E-state index contributed by atoms with van der Waals surface area (Å²) in [6.45, 7) is 1.93. The molecule has 2 aromatic rings. The first-order valence-corrected chi connectivity index (χ1v) is 5.54. The highest BCUT2D eigenvalue weighted by atomic mass is 16.5. The summed E-state index contributed by atoms with van der Waals surface area (Å²) in [7, 11) is 0. The van der Waals surface area contributed by atoms with Crippen molar-refractivity contribution < 1.29 is 10.7 Å². The van der Waals surface area contributed by atoms with E-state index in [0.717, 1.165) is 33.8 Å². The van der Waals surface area contributed by atoms with Crippen LogP contribution < -0.4 is 11.2 Å². The topological polar surface area (TPSA) is 87.6 Å². The van der Waals surface area contributed by atoms with E-state index in [1.54, 1.807) is 24.3 Å². The van der Waals surface area contributed by atoms with Gasteiger partial charge in [-0.25, -0.2) is 5.21 Å². The molecule has 0 unspecified atom stereocenters. The van der Waals surface area contributed by atoms with Crippen molar-refractivity contribution in [2.45, 2.75) is 6.92 Å². The molecule has 0 aliphatic rings. The van der Waals surface area contributed by atoms with Crippen LogP contribution in [0.15, 0.2) is 52.7 Å². The Hall–Kier alpha value is -2.24. The van der Waals surface area contributed by atoms with Crippen LogP contribution in [0.1, 0.15) is 5.56 Å². The molecule has 0 spiro atoms. The monoisotopic (exact) mass is 243 g/mol. The van der Waals surface area contributed by atoms with Crippen LogP contribution in [0.2, 0.25) is 0 Å². The van der Waals surface area contributed by atoms with Gasteiger partial charge in [-0.3, -0.25) is 0 Å². The second-order valence-corrected chi connectivity index (χ2v) is 3.96. The van der Waals surface area contributed by atoms with Gasteiger partial charge in [0, 0.05) is 17.8 Å². The first-order valence-electron chi connectivity index (χ1n) is 5.54. The second-order valence-electron chi connectivity index (χ2n) is 3.96. The molecule has 2 aromatic carbocycles. The number of anilines is 1. The maximum absolute atomic E-state index is 8.80. The van der Waals surface area contributed by atoms with E-state index >= 15 is 0 Å². The standard InChI is InChI=1S/C13H14N4O/c1-9-8-12(6-7-13(9)14)16-15-10-2-4-11(17-18)5-3-10/h2-8,17-18H,14H2,1H3/p+1. The van der Waals surface area contributed by atoms with Crippen LogP contribution in [-0.4, -0.2) is 5.21 Å². The van der Waals surface area contributed by atoms with Crippen molar-refractivity contribution in [3.05, 3.63) is 48.0 Å². The molecule has 0 heterocycles. The summed E-state index contributed by atoms with van der Waals surface area (Å²) in [5.74, 6) is 0. The molecule has 0 aromatic heterocycles. The quantitative estimate of drug-likeness (QED) is 0.439. The number of azo groups is 1. The van der Waals surface area contributed by atoms with E-state index in [1.165, 1.54) is 0 Å². The zero-order chi connectivity index (χ0) is 13.0. The maximum Gasteiger partial charge on any atom is 0.161 e. The van der Waals surface area contributed by atoms with E-state index in [-0.39, 0.29) is 0 Å². The third-order valence-electron chi connectivity index (χ3n) is 2.58. The van der Waals surface area contributed by atoms with Gasteiger partial charge in [0.25, 0.3) is 0 Å². The summed E-state index contributed by atoms with van der Waals surface area (Å²) < 4.78 is 0. The number of hydrogen-bond acceptors (Lipinski definition) is 4. The molecule has 0 bridgehead atoms. The van der Waals surface area contributed by atoms with Crippen LogP contribution in [0.25, 0.3) is 0 Å². The zero-order valence-electron chi connectivity index (χ0n) is 10.0. The highest BCUT2D eigenvalue weighted by molar-refractivity contribution is 5.54. The lowest BCUT2D eigenvalue weighted by molar-refractivity contribution is -0.825. The molecular weight excluding hydrogens is 228 g/mol. The number of hydrogen-bond donors (Lipinski definition) is 3. The number of nitrogens with zero attached hydrogens (tertiary/aromatic N) is 2. The first kappa shape index (κ1) is 12.2. The Bertz CT molecular complexity index is 564. The Morgan fingerprint density at radius 3 is 2.22 bits per heavy atom. The normalized spacial score (nSPS) is 11.0. The molecule has 92 valence electrons. The number of benzene rings is 2. The molecule has 0 aliphatic heterocycles. The fraction of sp³-hybridized carbons (Fsp3) is 0.0769. The summed E-state index contributed by atoms with van der Waals surface area (Å²) in [6, 6.07) is 12.6. The smallest absolute Gasteiger partial charge is 0.161 e. The van der Waals surface area contributed by atoms with Gasteiger partial charge in [-0.05, 0) is 42.8 Å².